The van der Waals surface area contributed by atoms with Gasteiger partial charge in [0.15, 0.2) is 0 Å². The number of likely N-dealkylation sites (tertiary alicyclic amines) is 1. The lowest BCUT2D eigenvalue weighted by Gasteiger charge is -2.23. The minimum Gasteiger partial charge on any atom is -0.389 e. The molecule has 1 fully saturated rings. The minimum absolute atomic E-state index is 0.533. The fraction of sp³-hybridized carbons (Fsp3) is 0.818. The lowest BCUT2D eigenvalue weighted by atomic mass is 9.94. The Labute approximate surface area is 85.0 Å². The number of aliphatic hydroxyl groups is 2. The van der Waals surface area contributed by atoms with Crippen LogP contribution < -0.4 is 0 Å². The summed E-state index contributed by atoms with van der Waals surface area (Å²) in [4.78, 5) is 2.18. The molecule has 1 saturated heterocycles. The summed E-state index contributed by atoms with van der Waals surface area (Å²) >= 11 is 0. The van der Waals surface area contributed by atoms with Crippen molar-refractivity contribution in [3.8, 4) is 0 Å². The number of hydrogen-bond donors (Lipinski definition) is 2. The molecule has 3 heteroatoms. The van der Waals surface area contributed by atoms with Crippen molar-refractivity contribution in [3.05, 3.63) is 12.2 Å². The second kappa shape index (κ2) is 4.43. The highest BCUT2D eigenvalue weighted by Crippen LogP contribution is 2.21. The standard InChI is InChI=1S/C11H19NO2/c13-10-7-12(8-11(10)14)6-9-4-2-1-3-5-9/h1-2,9-11,13-14H,3-8H2. The molecule has 80 valence electrons. The van der Waals surface area contributed by atoms with Crippen molar-refractivity contribution in [2.24, 2.45) is 5.92 Å². The van der Waals surface area contributed by atoms with Gasteiger partial charge in [-0.1, -0.05) is 12.2 Å². The number of allylic oxidation sites excluding steroid dienone is 2. The maximum atomic E-state index is 9.39. The topological polar surface area (TPSA) is 43.7 Å². The van der Waals surface area contributed by atoms with Gasteiger partial charge in [-0.15, -0.1) is 0 Å². The summed E-state index contributed by atoms with van der Waals surface area (Å²) in [6.45, 7) is 2.31. The Morgan fingerprint density at radius 2 is 1.86 bits per heavy atom. The van der Waals surface area contributed by atoms with E-state index >= 15 is 0 Å². The zero-order valence-corrected chi connectivity index (χ0v) is 8.47. The highest BCUT2D eigenvalue weighted by Gasteiger charge is 2.30. The van der Waals surface area contributed by atoms with Crippen molar-refractivity contribution in [1.82, 2.24) is 4.90 Å². The average Bonchev–Trinajstić information content (AvgIpc) is 2.47. The lowest BCUT2D eigenvalue weighted by Crippen LogP contribution is -2.29. The Bertz CT molecular complexity index is 207. The lowest BCUT2D eigenvalue weighted by molar-refractivity contribution is 0.0572. The normalized spacial score (nSPS) is 39.1. The van der Waals surface area contributed by atoms with Crippen LogP contribution in [0.5, 0.6) is 0 Å². The van der Waals surface area contributed by atoms with Crippen LogP contribution in [0.15, 0.2) is 12.2 Å². The fourth-order valence-electron chi connectivity index (χ4n) is 2.38. The summed E-state index contributed by atoms with van der Waals surface area (Å²) in [6.07, 6.45) is 7.01. The Hall–Kier alpha value is -0.380. The molecular weight excluding hydrogens is 178 g/mol. The zero-order valence-electron chi connectivity index (χ0n) is 8.47. The van der Waals surface area contributed by atoms with E-state index in [4.69, 9.17) is 0 Å². The molecule has 0 radical (unpaired) electrons. The third-order valence-corrected chi connectivity index (χ3v) is 3.23. The SMILES string of the molecule is OC1CN(CC2CC=CCC2)CC1O. The first-order valence-corrected chi connectivity index (χ1v) is 5.49. The first-order chi connectivity index (χ1) is 6.75. The van der Waals surface area contributed by atoms with Crippen LogP contribution in [0.1, 0.15) is 19.3 Å². The summed E-state index contributed by atoms with van der Waals surface area (Å²) in [5.74, 6) is 0.720. The Morgan fingerprint density at radius 3 is 2.43 bits per heavy atom. The van der Waals surface area contributed by atoms with E-state index in [0.717, 1.165) is 18.9 Å². The van der Waals surface area contributed by atoms with E-state index in [0.29, 0.717) is 13.1 Å². The van der Waals surface area contributed by atoms with Crippen LogP contribution in [0.3, 0.4) is 0 Å². The second-order valence-corrected chi connectivity index (χ2v) is 4.50. The molecule has 0 spiro atoms. The van der Waals surface area contributed by atoms with Crippen molar-refractivity contribution < 1.29 is 10.2 Å². The van der Waals surface area contributed by atoms with Gasteiger partial charge in [0.1, 0.15) is 0 Å². The molecule has 2 rings (SSSR count). The highest BCUT2D eigenvalue weighted by molar-refractivity contribution is 4.92. The predicted molar refractivity (Wildman–Crippen MR) is 54.9 cm³/mol. The fourth-order valence-corrected chi connectivity index (χ4v) is 2.38. The van der Waals surface area contributed by atoms with E-state index in [-0.39, 0.29) is 0 Å². The number of rotatable bonds is 2. The number of nitrogens with zero attached hydrogens (tertiary/aromatic N) is 1. The van der Waals surface area contributed by atoms with Gasteiger partial charge in [-0.2, -0.15) is 0 Å². The third-order valence-electron chi connectivity index (χ3n) is 3.23. The summed E-state index contributed by atoms with van der Waals surface area (Å²) in [5.41, 5.74) is 0. The van der Waals surface area contributed by atoms with Crippen molar-refractivity contribution in [2.75, 3.05) is 19.6 Å². The third kappa shape index (κ3) is 2.35. The maximum Gasteiger partial charge on any atom is 0.0938 e. The molecule has 0 saturated carbocycles. The first-order valence-electron chi connectivity index (χ1n) is 5.49. The van der Waals surface area contributed by atoms with E-state index < -0.39 is 12.2 Å². The minimum atomic E-state index is -0.533. The molecule has 3 unspecified atom stereocenters. The molecule has 0 aromatic carbocycles. The molecule has 1 heterocycles. The Kier molecular flexibility index (Phi) is 3.21. The molecule has 14 heavy (non-hydrogen) atoms. The van der Waals surface area contributed by atoms with Crippen LogP contribution in [0.25, 0.3) is 0 Å². The molecule has 0 aromatic rings. The monoisotopic (exact) mass is 197 g/mol. The van der Waals surface area contributed by atoms with Crippen LogP contribution >= 0.6 is 0 Å². The quantitative estimate of drug-likeness (QED) is 0.629. The summed E-state index contributed by atoms with van der Waals surface area (Å²) in [6, 6.07) is 0. The van der Waals surface area contributed by atoms with Crippen LogP contribution in [0, 0.1) is 5.92 Å². The van der Waals surface area contributed by atoms with E-state index in [2.05, 4.69) is 17.1 Å². The van der Waals surface area contributed by atoms with E-state index in [1.54, 1.807) is 0 Å². The van der Waals surface area contributed by atoms with Gasteiger partial charge in [0.2, 0.25) is 0 Å². The van der Waals surface area contributed by atoms with Gasteiger partial charge in [-0.05, 0) is 25.2 Å². The summed E-state index contributed by atoms with van der Waals surface area (Å²) in [5, 5.41) is 18.8. The zero-order chi connectivity index (χ0) is 9.97. The molecule has 1 aliphatic carbocycles. The molecular formula is C11H19NO2. The van der Waals surface area contributed by atoms with E-state index in [1.807, 2.05) is 0 Å². The van der Waals surface area contributed by atoms with Gasteiger partial charge in [-0.3, -0.25) is 4.90 Å². The molecule has 0 aromatic heterocycles. The van der Waals surface area contributed by atoms with Crippen molar-refractivity contribution >= 4 is 0 Å². The Balaban J connectivity index is 1.78. The number of aliphatic hydroxyl groups excluding tert-OH is 2. The van der Waals surface area contributed by atoms with Gasteiger partial charge in [0.05, 0.1) is 12.2 Å². The molecule has 1 aliphatic heterocycles. The van der Waals surface area contributed by atoms with Crippen LogP contribution in [-0.4, -0.2) is 47.0 Å². The molecule has 2 aliphatic rings. The van der Waals surface area contributed by atoms with Gasteiger partial charge < -0.3 is 10.2 Å². The Morgan fingerprint density at radius 1 is 1.14 bits per heavy atom. The highest BCUT2D eigenvalue weighted by atomic mass is 16.3. The van der Waals surface area contributed by atoms with E-state index in [9.17, 15) is 10.2 Å². The van der Waals surface area contributed by atoms with E-state index in [1.165, 1.54) is 12.8 Å². The number of hydrogen-bond acceptors (Lipinski definition) is 3. The predicted octanol–water partition coefficient (Wildman–Crippen LogP) is 0.380. The second-order valence-electron chi connectivity index (χ2n) is 4.50. The van der Waals surface area contributed by atoms with Crippen molar-refractivity contribution in [3.63, 3.8) is 0 Å². The van der Waals surface area contributed by atoms with Gasteiger partial charge in [0, 0.05) is 19.6 Å². The van der Waals surface area contributed by atoms with Crippen LogP contribution in [0.2, 0.25) is 0 Å². The van der Waals surface area contributed by atoms with Crippen molar-refractivity contribution in [2.45, 2.75) is 31.5 Å². The molecule has 3 nitrogen and oxygen atoms in total. The summed E-state index contributed by atoms with van der Waals surface area (Å²) in [7, 11) is 0. The molecule has 0 bridgehead atoms. The van der Waals surface area contributed by atoms with Gasteiger partial charge in [0.25, 0.3) is 0 Å². The average molecular weight is 197 g/mol. The number of β-amino-alcohol motifs (C(OH)–C–C–N with tert-alkyl or cyclic N) is 2. The molecule has 2 N–H and O–H groups in total. The van der Waals surface area contributed by atoms with Crippen LogP contribution in [0.4, 0.5) is 0 Å². The molecule has 0 amide bonds. The largest absolute Gasteiger partial charge is 0.389 e. The maximum absolute atomic E-state index is 9.39. The summed E-state index contributed by atoms with van der Waals surface area (Å²) < 4.78 is 0. The first kappa shape index (κ1) is 10.1. The van der Waals surface area contributed by atoms with Gasteiger partial charge in [-0.25, -0.2) is 0 Å². The molecule has 3 atom stereocenters. The van der Waals surface area contributed by atoms with Crippen LogP contribution in [-0.2, 0) is 0 Å². The van der Waals surface area contributed by atoms with Gasteiger partial charge >= 0.3 is 0 Å². The van der Waals surface area contributed by atoms with Crippen molar-refractivity contribution in [1.29, 1.82) is 0 Å². The smallest absolute Gasteiger partial charge is 0.0938 e.